The quantitative estimate of drug-likeness (QED) is 0.664. The van der Waals surface area contributed by atoms with Gasteiger partial charge in [0.25, 0.3) is 0 Å². The van der Waals surface area contributed by atoms with Crippen molar-refractivity contribution >= 4 is 5.82 Å². The number of nitrogens with zero attached hydrogens (tertiary/aromatic N) is 2. The summed E-state index contributed by atoms with van der Waals surface area (Å²) < 4.78 is 1.87. The lowest BCUT2D eigenvalue weighted by Crippen LogP contribution is -2.24. The minimum atomic E-state index is 0.558. The molecule has 0 bridgehead atoms. The van der Waals surface area contributed by atoms with Gasteiger partial charge in [-0.1, -0.05) is 13.8 Å². The Kier molecular flexibility index (Phi) is 3.76. The van der Waals surface area contributed by atoms with E-state index in [1.165, 1.54) is 0 Å². The molecule has 0 saturated heterocycles. The van der Waals surface area contributed by atoms with Crippen LogP contribution in [0.25, 0.3) is 0 Å². The van der Waals surface area contributed by atoms with Gasteiger partial charge in [0, 0.05) is 18.8 Å². The van der Waals surface area contributed by atoms with Gasteiger partial charge in [0.2, 0.25) is 0 Å². The first-order chi connectivity index (χ1) is 6.18. The maximum absolute atomic E-state index is 5.48. The van der Waals surface area contributed by atoms with Crippen LogP contribution in [0.4, 0.5) is 5.82 Å². The molecule has 3 N–H and O–H groups in total. The molecule has 1 aromatic heterocycles. The van der Waals surface area contributed by atoms with Crippen LogP contribution in [0.3, 0.4) is 0 Å². The minimum absolute atomic E-state index is 0.558. The minimum Gasteiger partial charge on any atom is -0.382 e. The third-order valence-electron chi connectivity index (χ3n) is 1.78. The van der Waals surface area contributed by atoms with Crippen LogP contribution in [0.1, 0.15) is 20.3 Å². The van der Waals surface area contributed by atoms with Gasteiger partial charge in [-0.05, 0) is 19.0 Å². The van der Waals surface area contributed by atoms with Crippen molar-refractivity contribution in [1.82, 2.24) is 15.1 Å². The third-order valence-corrected chi connectivity index (χ3v) is 1.78. The molecule has 1 aromatic rings. The van der Waals surface area contributed by atoms with Gasteiger partial charge in [-0.2, -0.15) is 5.10 Å². The smallest absolute Gasteiger partial charge is 0.145 e. The van der Waals surface area contributed by atoms with Crippen LogP contribution in [0.15, 0.2) is 12.3 Å². The molecule has 0 amide bonds. The van der Waals surface area contributed by atoms with E-state index in [0.29, 0.717) is 11.9 Å². The molecule has 4 nitrogen and oxygen atoms in total. The second kappa shape index (κ2) is 4.87. The van der Waals surface area contributed by atoms with Crippen molar-refractivity contribution in [3.8, 4) is 0 Å². The third kappa shape index (κ3) is 3.94. The average molecular weight is 182 g/mol. The van der Waals surface area contributed by atoms with Gasteiger partial charge in [0.1, 0.15) is 5.82 Å². The van der Waals surface area contributed by atoms with Crippen molar-refractivity contribution in [2.24, 2.45) is 0 Å². The van der Waals surface area contributed by atoms with Crippen LogP contribution in [0.5, 0.6) is 0 Å². The summed E-state index contributed by atoms with van der Waals surface area (Å²) in [5.74, 6) is 0.594. The van der Waals surface area contributed by atoms with Crippen molar-refractivity contribution in [2.75, 3.05) is 12.3 Å². The molecular weight excluding hydrogens is 164 g/mol. The van der Waals surface area contributed by atoms with Gasteiger partial charge < -0.3 is 11.1 Å². The van der Waals surface area contributed by atoms with Crippen molar-refractivity contribution in [3.63, 3.8) is 0 Å². The summed E-state index contributed by atoms with van der Waals surface area (Å²) in [4.78, 5) is 0. The average Bonchev–Trinajstić information content (AvgIpc) is 2.45. The zero-order valence-electron chi connectivity index (χ0n) is 8.33. The Morgan fingerprint density at radius 1 is 1.62 bits per heavy atom. The number of nitrogens with two attached hydrogens (primary N) is 1. The number of anilines is 1. The van der Waals surface area contributed by atoms with E-state index in [9.17, 15) is 0 Å². The first kappa shape index (κ1) is 10.1. The van der Waals surface area contributed by atoms with Crippen LogP contribution in [-0.2, 0) is 6.54 Å². The van der Waals surface area contributed by atoms with Gasteiger partial charge in [-0.15, -0.1) is 0 Å². The summed E-state index contributed by atoms with van der Waals surface area (Å²) in [5, 5.41) is 7.44. The van der Waals surface area contributed by atoms with Gasteiger partial charge in [0.15, 0.2) is 0 Å². The number of hydrogen-bond acceptors (Lipinski definition) is 3. The van der Waals surface area contributed by atoms with E-state index in [2.05, 4.69) is 24.3 Å². The number of aryl methyl sites for hydroxylation is 1. The van der Waals surface area contributed by atoms with Gasteiger partial charge in [-0.3, -0.25) is 4.68 Å². The lowest BCUT2D eigenvalue weighted by molar-refractivity contribution is 0.514. The molecule has 1 heterocycles. The Bertz CT molecular complexity index is 242. The molecule has 0 aromatic carbocycles. The fourth-order valence-corrected chi connectivity index (χ4v) is 1.13. The molecule has 0 atom stereocenters. The van der Waals surface area contributed by atoms with Crippen molar-refractivity contribution in [1.29, 1.82) is 0 Å². The van der Waals surface area contributed by atoms with Crippen molar-refractivity contribution in [2.45, 2.75) is 32.9 Å². The second-order valence-corrected chi connectivity index (χ2v) is 3.47. The summed E-state index contributed by atoms with van der Waals surface area (Å²) in [7, 11) is 0. The molecule has 74 valence electrons. The summed E-state index contributed by atoms with van der Waals surface area (Å²) in [5.41, 5.74) is 5.48. The Labute approximate surface area is 79.1 Å². The highest BCUT2D eigenvalue weighted by Crippen LogP contribution is 1.96. The maximum Gasteiger partial charge on any atom is 0.145 e. The molecule has 0 unspecified atom stereocenters. The number of hydrogen-bond donors (Lipinski definition) is 2. The predicted molar refractivity (Wildman–Crippen MR) is 54.4 cm³/mol. The predicted octanol–water partition coefficient (Wildman–Crippen LogP) is 0.853. The summed E-state index contributed by atoms with van der Waals surface area (Å²) in [6.07, 6.45) is 2.99. The summed E-state index contributed by atoms with van der Waals surface area (Å²) in [6.45, 7) is 6.24. The van der Waals surface area contributed by atoms with E-state index in [4.69, 9.17) is 5.73 Å². The van der Waals surface area contributed by atoms with Gasteiger partial charge >= 0.3 is 0 Å². The SMILES string of the molecule is CC(C)NCCCn1ccc(N)n1. The molecule has 4 heteroatoms. The number of nitrogen functional groups attached to an aromatic ring is 1. The van der Waals surface area contributed by atoms with E-state index in [-0.39, 0.29) is 0 Å². The van der Waals surface area contributed by atoms with Crippen molar-refractivity contribution < 1.29 is 0 Å². The molecule has 1 rings (SSSR count). The molecule has 0 spiro atoms. The molecular formula is C9H18N4. The number of aromatic nitrogens is 2. The van der Waals surface area contributed by atoms with E-state index in [1.807, 2.05) is 16.9 Å². The van der Waals surface area contributed by atoms with E-state index in [0.717, 1.165) is 19.5 Å². The molecule has 0 aliphatic rings. The lowest BCUT2D eigenvalue weighted by atomic mass is 10.3. The highest BCUT2D eigenvalue weighted by Gasteiger charge is 1.95. The lowest BCUT2D eigenvalue weighted by Gasteiger charge is -2.07. The highest BCUT2D eigenvalue weighted by atomic mass is 15.3. The van der Waals surface area contributed by atoms with Crippen LogP contribution in [0, 0.1) is 0 Å². The normalized spacial score (nSPS) is 11.0. The molecule has 0 aliphatic carbocycles. The molecule has 0 fully saturated rings. The Hall–Kier alpha value is -1.03. The van der Waals surface area contributed by atoms with Crippen LogP contribution >= 0.6 is 0 Å². The molecule has 0 aliphatic heterocycles. The maximum atomic E-state index is 5.48. The fourth-order valence-electron chi connectivity index (χ4n) is 1.13. The monoisotopic (exact) mass is 182 g/mol. The van der Waals surface area contributed by atoms with Crippen LogP contribution < -0.4 is 11.1 Å². The van der Waals surface area contributed by atoms with Gasteiger partial charge in [0.05, 0.1) is 0 Å². The van der Waals surface area contributed by atoms with Gasteiger partial charge in [-0.25, -0.2) is 0 Å². The molecule has 0 saturated carbocycles. The number of rotatable bonds is 5. The van der Waals surface area contributed by atoms with Crippen LogP contribution in [0.2, 0.25) is 0 Å². The Morgan fingerprint density at radius 2 is 2.38 bits per heavy atom. The standard InChI is InChI=1S/C9H18N4/c1-8(2)11-5-3-6-13-7-4-9(10)12-13/h4,7-8,11H,3,5-6H2,1-2H3,(H2,10,12). The number of nitrogens with one attached hydrogen (secondary N) is 1. The Morgan fingerprint density at radius 3 is 2.92 bits per heavy atom. The molecule has 0 radical (unpaired) electrons. The van der Waals surface area contributed by atoms with Crippen molar-refractivity contribution in [3.05, 3.63) is 12.3 Å². The summed E-state index contributed by atoms with van der Waals surface area (Å²) in [6, 6.07) is 2.37. The Balaban J connectivity index is 2.13. The first-order valence-corrected chi connectivity index (χ1v) is 4.71. The zero-order valence-corrected chi connectivity index (χ0v) is 8.33. The summed E-state index contributed by atoms with van der Waals surface area (Å²) >= 11 is 0. The first-order valence-electron chi connectivity index (χ1n) is 4.71. The zero-order chi connectivity index (χ0) is 9.68. The fraction of sp³-hybridized carbons (Fsp3) is 0.667. The second-order valence-electron chi connectivity index (χ2n) is 3.47. The molecule has 13 heavy (non-hydrogen) atoms. The largest absolute Gasteiger partial charge is 0.382 e. The van der Waals surface area contributed by atoms with E-state index < -0.39 is 0 Å². The topological polar surface area (TPSA) is 55.9 Å². The highest BCUT2D eigenvalue weighted by molar-refractivity contribution is 5.23. The van der Waals surface area contributed by atoms with E-state index >= 15 is 0 Å². The van der Waals surface area contributed by atoms with E-state index in [1.54, 1.807) is 0 Å². The van der Waals surface area contributed by atoms with Crippen LogP contribution in [-0.4, -0.2) is 22.4 Å².